The van der Waals surface area contributed by atoms with Crippen LogP contribution in [0.15, 0.2) is 12.4 Å². The molecule has 0 aromatic carbocycles. The molecular weight excluding hydrogens is 244 g/mol. The van der Waals surface area contributed by atoms with Crippen LogP contribution in [0.4, 0.5) is 0 Å². The SMILES string of the molecule is CCCC(C)OC(=O)CCn1ccnc1CCC=O. The topological polar surface area (TPSA) is 61.2 Å². The quantitative estimate of drug-likeness (QED) is 0.507. The molecule has 0 saturated carbocycles. The van der Waals surface area contributed by atoms with E-state index in [0.29, 0.717) is 25.8 Å². The van der Waals surface area contributed by atoms with E-state index in [0.717, 1.165) is 25.0 Å². The molecule has 1 aromatic heterocycles. The first-order valence-electron chi connectivity index (χ1n) is 6.80. The molecule has 0 N–H and O–H groups in total. The van der Waals surface area contributed by atoms with Crippen LogP contribution in [0.3, 0.4) is 0 Å². The molecule has 0 spiro atoms. The van der Waals surface area contributed by atoms with Crippen molar-refractivity contribution in [2.75, 3.05) is 0 Å². The second kappa shape index (κ2) is 8.45. The van der Waals surface area contributed by atoms with Crippen molar-refractivity contribution in [1.29, 1.82) is 0 Å². The Kier molecular flexibility index (Phi) is 6.85. The maximum Gasteiger partial charge on any atom is 0.307 e. The summed E-state index contributed by atoms with van der Waals surface area (Å²) >= 11 is 0. The van der Waals surface area contributed by atoms with E-state index in [4.69, 9.17) is 4.74 Å². The van der Waals surface area contributed by atoms with Gasteiger partial charge in [-0.2, -0.15) is 0 Å². The van der Waals surface area contributed by atoms with Gasteiger partial charge in [-0.3, -0.25) is 4.79 Å². The summed E-state index contributed by atoms with van der Waals surface area (Å²) in [4.78, 5) is 26.2. The number of rotatable bonds is 9. The highest BCUT2D eigenvalue weighted by molar-refractivity contribution is 5.69. The lowest BCUT2D eigenvalue weighted by molar-refractivity contribution is -0.148. The molecule has 0 aliphatic heterocycles. The highest BCUT2D eigenvalue weighted by Crippen LogP contribution is 2.06. The molecule has 0 fully saturated rings. The summed E-state index contributed by atoms with van der Waals surface area (Å²) in [6.45, 7) is 4.52. The molecule has 0 radical (unpaired) electrons. The summed E-state index contributed by atoms with van der Waals surface area (Å²) in [5.41, 5.74) is 0. The van der Waals surface area contributed by atoms with Gasteiger partial charge in [-0.15, -0.1) is 0 Å². The second-order valence-corrected chi connectivity index (χ2v) is 4.58. The summed E-state index contributed by atoms with van der Waals surface area (Å²) in [5, 5.41) is 0. The van der Waals surface area contributed by atoms with Crippen LogP contribution >= 0.6 is 0 Å². The van der Waals surface area contributed by atoms with E-state index in [9.17, 15) is 9.59 Å². The van der Waals surface area contributed by atoms with Gasteiger partial charge in [0.05, 0.1) is 12.5 Å². The monoisotopic (exact) mass is 266 g/mol. The number of aldehydes is 1. The molecule has 1 atom stereocenters. The molecule has 0 aliphatic rings. The normalized spacial score (nSPS) is 12.1. The lowest BCUT2D eigenvalue weighted by Crippen LogP contribution is -2.16. The Hall–Kier alpha value is -1.65. The maximum absolute atomic E-state index is 11.6. The van der Waals surface area contributed by atoms with E-state index < -0.39 is 0 Å². The Labute approximate surface area is 114 Å². The van der Waals surface area contributed by atoms with E-state index in [-0.39, 0.29) is 12.1 Å². The van der Waals surface area contributed by atoms with E-state index >= 15 is 0 Å². The van der Waals surface area contributed by atoms with Crippen molar-refractivity contribution in [3.8, 4) is 0 Å². The number of carbonyl (C=O) groups is 2. The van der Waals surface area contributed by atoms with Crippen LogP contribution in [-0.4, -0.2) is 27.9 Å². The summed E-state index contributed by atoms with van der Waals surface area (Å²) in [6.07, 6.45) is 7.65. The largest absolute Gasteiger partial charge is 0.463 e. The number of nitrogens with zero attached hydrogens (tertiary/aromatic N) is 2. The Balaban J connectivity index is 2.37. The van der Waals surface area contributed by atoms with Crippen molar-refractivity contribution in [3.05, 3.63) is 18.2 Å². The molecule has 1 unspecified atom stereocenters. The number of imidazole rings is 1. The average Bonchev–Trinajstić information content (AvgIpc) is 2.81. The molecule has 0 amide bonds. The van der Waals surface area contributed by atoms with Gasteiger partial charge in [0, 0.05) is 31.8 Å². The minimum Gasteiger partial charge on any atom is -0.463 e. The van der Waals surface area contributed by atoms with Crippen LogP contribution in [0.5, 0.6) is 0 Å². The number of aryl methyl sites for hydroxylation is 2. The van der Waals surface area contributed by atoms with Crippen molar-refractivity contribution >= 4 is 12.3 Å². The molecule has 1 rings (SSSR count). The Morgan fingerprint density at radius 2 is 2.37 bits per heavy atom. The summed E-state index contributed by atoms with van der Waals surface area (Å²) in [6, 6.07) is 0. The third kappa shape index (κ3) is 5.68. The minimum atomic E-state index is -0.184. The van der Waals surface area contributed by atoms with Gasteiger partial charge in [-0.05, 0) is 13.3 Å². The first kappa shape index (κ1) is 15.4. The highest BCUT2D eigenvalue weighted by atomic mass is 16.5. The lowest BCUT2D eigenvalue weighted by atomic mass is 10.2. The molecule has 5 nitrogen and oxygen atoms in total. The van der Waals surface area contributed by atoms with E-state index in [2.05, 4.69) is 11.9 Å². The van der Waals surface area contributed by atoms with E-state index in [1.807, 2.05) is 17.7 Å². The molecule has 1 heterocycles. The summed E-state index contributed by atoms with van der Waals surface area (Å²) < 4.78 is 7.18. The number of ether oxygens (including phenoxy) is 1. The van der Waals surface area contributed by atoms with Gasteiger partial charge in [0.15, 0.2) is 0 Å². The Morgan fingerprint density at radius 1 is 1.58 bits per heavy atom. The van der Waals surface area contributed by atoms with Gasteiger partial charge in [0.1, 0.15) is 12.1 Å². The molecule has 0 aliphatic carbocycles. The van der Waals surface area contributed by atoms with Gasteiger partial charge < -0.3 is 14.1 Å². The Morgan fingerprint density at radius 3 is 3.05 bits per heavy atom. The zero-order valence-electron chi connectivity index (χ0n) is 11.7. The standard InChI is InChI=1S/C14H22N2O3/c1-3-5-12(2)19-14(18)7-9-16-10-8-15-13(16)6-4-11-17/h8,10-12H,3-7,9H2,1-2H3. The van der Waals surface area contributed by atoms with Crippen LogP contribution < -0.4 is 0 Å². The van der Waals surface area contributed by atoms with Crippen molar-refractivity contribution in [2.45, 2.75) is 58.6 Å². The van der Waals surface area contributed by atoms with Gasteiger partial charge in [0.25, 0.3) is 0 Å². The number of esters is 1. The lowest BCUT2D eigenvalue weighted by Gasteiger charge is -2.12. The van der Waals surface area contributed by atoms with Crippen LogP contribution in [0.25, 0.3) is 0 Å². The smallest absolute Gasteiger partial charge is 0.307 e. The Bertz CT molecular complexity index is 401. The van der Waals surface area contributed by atoms with Gasteiger partial charge in [-0.1, -0.05) is 13.3 Å². The zero-order chi connectivity index (χ0) is 14.1. The van der Waals surface area contributed by atoms with Crippen LogP contribution in [-0.2, 0) is 27.3 Å². The van der Waals surface area contributed by atoms with Gasteiger partial charge in [0.2, 0.25) is 0 Å². The molecule has 5 heteroatoms. The van der Waals surface area contributed by atoms with Gasteiger partial charge >= 0.3 is 5.97 Å². The third-order valence-electron chi connectivity index (χ3n) is 2.87. The van der Waals surface area contributed by atoms with E-state index in [1.165, 1.54) is 0 Å². The van der Waals surface area contributed by atoms with Crippen LogP contribution in [0.2, 0.25) is 0 Å². The summed E-state index contributed by atoms with van der Waals surface area (Å²) in [5.74, 6) is 0.650. The fourth-order valence-corrected chi connectivity index (χ4v) is 1.92. The highest BCUT2D eigenvalue weighted by Gasteiger charge is 2.10. The van der Waals surface area contributed by atoms with Crippen LogP contribution in [0, 0.1) is 0 Å². The first-order chi connectivity index (χ1) is 9.17. The molecular formula is C14H22N2O3. The van der Waals surface area contributed by atoms with Crippen molar-refractivity contribution in [2.24, 2.45) is 0 Å². The number of carbonyl (C=O) groups excluding carboxylic acids is 2. The van der Waals surface area contributed by atoms with Crippen LogP contribution in [0.1, 0.15) is 45.4 Å². The third-order valence-corrected chi connectivity index (χ3v) is 2.87. The molecule has 1 aromatic rings. The maximum atomic E-state index is 11.6. The van der Waals surface area contributed by atoms with Gasteiger partial charge in [-0.25, -0.2) is 4.98 Å². The van der Waals surface area contributed by atoms with Crippen molar-refractivity contribution < 1.29 is 14.3 Å². The predicted octanol–water partition coefficient (Wildman–Crippen LogP) is 2.14. The number of hydrogen-bond acceptors (Lipinski definition) is 4. The van der Waals surface area contributed by atoms with E-state index in [1.54, 1.807) is 6.20 Å². The number of aromatic nitrogens is 2. The fourth-order valence-electron chi connectivity index (χ4n) is 1.92. The first-order valence-corrected chi connectivity index (χ1v) is 6.80. The second-order valence-electron chi connectivity index (χ2n) is 4.58. The predicted molar refractivity (Wildman–Crippen MR) is 71.7 cm³/mol. The molecule has 19 heavy (non-hydrogen) atoms. The molecule has 0 saturated heterocycles. The fraction of sp³-hybridized carbons (Fsp3) is 0.643. The minimum absolute atomic E-state index is 0.0187. The van der Waals surface area contributed by atoms with Crippen molar-refractivity contribution in [1.82, 2.24) is 9.55 Å². The average molecular weight is 266 g/mol. The zero-order valence-corrected chi connectivity index (χ0v) is 11.7. The summed E-state index contributed by atoms with van der Waals surface area (Å²) in [7, 11) is 0. The number of hydrogen-bond donors (Lipinski definition) is 0. The molecule has 0 bridgehead atoms. The van der Waals surface area contributed by atoms with Crippen molar-refractivity contribution in [3.63, 3.8) is 0 Å². The molecule has 106 valence electrons.